The van der Waals surface area contributed by atoms with E-state index in [1.54, 1.807) is 30.7 Å². The molecule has 0 bridgehead atoms. The maximum atomic E-state index is 10.9. The summed E-state index contributed by atoms with van der Waals surface area (Å²) in [4.78, 5) is 23.9. The van der Waals surface area contributed by atoms with Crippen LogP contribution in [0.25, 0.3) is 10.4 Å². The van der Waals surface area contributed by atoms with Gasteiger partial charge in [0.25, 0.3) is 5.69 Å². The normalized spacial score (nSPS) is 10.4. The highest BCUT2D eigenvalue weighted by atomic mass is 32.1. The molecule has 2 aromatic heterocycles. The number of non-ortho nitro benzene ring substituents is 1. The van der Waals surface area contributed by atoms with Gasteiger partial charge in [-0.25, -0.2) is 9.97 Å². The van der Waals surface area contributed by atoms with Crippen molar-refractivity contribution in [3.63, 3.8) is 0 Å². The second-order valence-corrected chi connectivity index (χ2v) is 5.46. The van der Waals surface area contributed by atoms with Crippen molar-refractivity contribution >= 4 is 28.0 Å². The fourth-order valence-corrected chi connectivity index (χ4v) is 2.92. The molecule has 0 aliphatic rings. The number of rotatable bonds is 4. The Labute approximate surface area is 129 Å². The number of aryl methyl sites for hydroxylation is 1. The Balaban J connectivity index is 1.92. The van der Waals surface area contributed by atoms with Crippen molar-refractivity contribution in [1.29, 1.82) is 0 Å². The lowest BCUT2D eigenvalue weighted by molar-refractivity contribution is -0.384. The van der Waals surface area contributed by atoms with Crippen LogP contribution in [0.3, 0.4) is 0 Å². The van der Waals surface area contributed by atoms with Gasteiger partial charge >= 0.3 is 0 Å². The molecule has 0 spiro atoms. The van der Waals surface area contributed by atoms with Crippen LogP contribution in [0.2, 0.25) is 0 Å². The zero-order valence-corrected chi connectivity index (χ0v) is 12.4. The third kappa shape index (κ3) is 2.91. The number of anilines is 2. The summed E-state index contributed by atoms with van der Waals surface area (Å²) in [5.74, 6) is 0.599. The average Bonchev–Trinajstić information content (AvgIpc) is 2.89. The third-order valence-electron chi connectivity index (χ3n) is 2.91. The first-order chi connectivity index (χ1) is 10.6. The smallest absolute Gasteiger partial charge is 0.270 e. The summed E-state index contributed by atoms with van der Waals surface area (Å²) in [7, 11) is 0. The lowest BCUT2D eigenvalue weighted by Crippen LogP contribution is -1.92. The molecule has 0 aliphatic carbocycles. The second-order valence-electron chi connectivity index (χ2n) is 4.46. The van der Waals surface area contributed by atoms with Gasteiger partial charge < -0.3 is 5.32 Å². The van der Waals surface area contributed by atoms with Crippen molar-refractivity contribution in [3.8, 4) is 10.4 Å². The van der Waals surface area contributed by atoms with Crippen molar-refractivity contribution in [3.05, 3.63) is 58.7 Å². The number of nitrogens with zero attached hydrogens (tertiary/aromatic N) is 4. The predicted molar refractivity (Wildman–Crippen MR) is 84.3 cm³/mol. The van der Waals surface area contributed by atoms with Gasteiger partial charge in [0.05, 0.1) is 21.7 Å². The number of hydrogen-bond donors (Lipinski definition) is 1. The minimum Gasteiger partial charge on any atom is -0.315 e. The van der Waals surface area contributed by atoms with E-state index >= 15 is 0 Å². The summed E-state index contributed by atoms with van der Waals surface area (Å²) in [5.41, 5.74) is 1.64. The van der Waals surface area contributed by atoms with E-state index in [4.69, 9.17) is 0 Å². The van der Waals surface area contributed by atoms with Crippen LogP contribution in [0.4, 0.5) is 16.6 Å². The number of nitro groups is 1. The van der Waals surface area contributed by atoms with Gasteiger partial charge in [0.15, 0.2) is 10.9 Å². The van der Waals surface area contributed by atoms with Gasteiger partial charge in [-0.2, -0.15) is 0 Å². The van der Waals surface area contributed by atoms with Gasteiger partial charge in [0.2, 0.25) is 0 Å². The fraction of sp³-hybridized carbons (Fsp3) is 0.0714. The van der Waals surface area contributed by atoms with E-state index in [1.807, 2.05) is 13.0 Å². The first-order valence-corrected chi connectivity index (χ1v) is 7.20. The molecule has 1 N–H and O–H groups in total. The lowest BCUT2D eigenvalue weighted by Gasteiger charge is -1.99. The minimum atomic E-state index is -0.404. The number of hydrogen-bond acceptors (Lipinski definition) is 7. The summed E-state index contributed by atoms with van der Waals surface area (Å²) in [5, 5.41) is 14.6. The maximum Gasteiger partial charge on any atom is 0.270 e. The van der Waals surface area contributed by atoms with E-state index in [1.165, 1.54) is 17.4 Å². The number of nitrogens with one attached hydrogen (secondary N) is 1. The molecule has 0 unspecified atom stereocenters. The van der Waals surface area contributed by atoms with E-state index in [2.05, 4.69) is 20.3 Å². The van der Waals surface area contributed by atoms with Crippen LogP contribution in [0.1, 0.15) is 5.69 Å². The highest BCUT2D eigenvalue weighted by molar-refractivity contribution is 7.19. The zero-order valence-electron chi connectivity index (χ0n) is 11.6. The fourth-order valence-electron chi connectivity index (χ4n) is 1.95. The molecule has 2 heterocycles. The van der Waals surface area contributed by atoms with E-state index < -0.39 is 4.92 Å². The zero-order chi connectivity index (χ0) is 15.5. The molecule has 0 saturated heterocycles. The van der Waals surface area contributed by atoms with Crippen LogP contribution >= 0.6 is 11.3 Å². The summed E-state index contributed by atoms with van der Waals surface area (Å²) in [6.45, 7) is 1.87. The topological polar surface area (TPSA) is 93.8 Å². The number of aromatic nitrogens is 3. The Hall–Kier alpha value is -2.87. The van der Waals surface area contributed by atoms with Crippen LogP contribution in [0.5, 0.6) is 0 Å². The van der Waals surface area contributed by atoms with Crippen LogP contribution in [0.15, 0.2) is 42.9 Å². The Morgan fingerprint density at radius 1 is 1.32 bits per heavy atom. The molecular formula is C14H11N5O2S. The Kier molecular flexibility index (Phi) is 3.75. The number of benzene rings is 1. The largest absolute Gasteiger partial charge is 0.315 e. The van der Waals surface area contributed by atoms with Gasteiger partial charge in [0.1, 0.15) is 0 Å². The number of thiazole rings is 1. The van der Waals surface area contributed by atoms with Crippen molar-refractivity contribution < 1.29 is 4.92 Å². The molecule has 0 aliphatic heterocycles. The van der Waals surface area contributed by atoms with Crippen molar-refractivity contribution in [2.75, 3.05) is 5.32 Å². The Bertz CT molecular complexity index is 819. The molecule has 7 nitrogen and oxygen atoms in total. The van der Waals surface area contributed by atoms with Gasteiger partial charge in [0, 0.05) is 30.1 Å². The Morgan fingerprint density at radius 3 is 2.91 bits per heavy atom. The van der Waals surface area contributed by atoms with Gasteiger partial charge in [-0.1, -0.05) is 23.5 Å². The van der Waals surface area contributed by atoms with E-state index in [9.17, 15) is 10.1 Å². The lowest BCUT2D eigenvalue weighted by atomic mass is 10.1. The monoisotopic (exact) mass is 313 g/mol. The molecule has 0 radical (unpaired) electrons. The standard InChI is InChI=1S/C14H11N5O2S/c1-9-13(10-3-2-4-11(7-10)19(20)21)22-14(17-9)18-12-8-15-5-6-16-12/h2-8H,1H3,(H,16,17,18). The van der Waals surface area contributed by atoms with Gasteiger partial charge in [-0.05, 0) is 6.92 Å². The number of nitro benzene ring substituents is 1. The third-order valence-corrected chi connectivity index (χ3v) is 4.04. The van der Waals surface area contributed by atoms with Crippen LogP contribution in [-0.4, -0.2) is 19.9 Å². The Morgan fingerprint density at radius 2 is 2.18 bits per heavy atom. The van der Waals surface area contributed by atoms with E-state index in [0.29, 0.717) is 10.9 Å². The summed E-state index contributed by atoms with van der Waals surface area (Å²) in [6.07, 6.45) is 4.78. The SMILES string of the molecule is Cc1nc(Nc2cnccn2)sc1-c1cccc([N+](=O)[O-])c1. The molecule has 3 aromatic rings. The van der Waals surface area contributed by atoms with Crippen LogP contribution in [0, 0.1) is 17.0 Å². The quantitative estimate of drug-likeness (QED) is 0.584. The van der Waals surface area contributed by atoms with Crippen molar-refractivity contribution in [2.45, 2.75) is 6.92 Å². The molecule has 0 fully saturated rings. The first kappa shape index (κ1) is 14.1. The minimum absolute atomic E-state index is 0.0636. The first-order valence-electron chi connectivity index (χ1n) is 6.39. The molecule has 110 valence electrons. The summed E-state index contributed by atoms with van der Waals surface area (Å²) < 4.78 is 0. The van der Waals surface area contributed by atoms with Gasteiger partial charge in [-0.15, -0.1) is 0 Å². The summed E-state index contributed by atoms with van der Waals surface area (Å²) in [6, 6.07) is 6.52. The van der Waals surface area contributed by atoms with Gasteiger partial charge in [-0.3, -0.25) is 15.1 Å². The highest BCUT2D eigenvalue weighted by Crippen LogP contribution is 2.35. The van der Waals surface area contributed by atoms with Crippen molar-refractivity contribution in [1.82, 2.24) is 15.0 Å². The predicted octanol–water partition coefficient (Wildman–Crippen LogP) is 3.56. The molecule has 8 heteroatoms. The summed E-state index contributed by atoms with van der Waals surface area (Å²) >= 11 is 1.42. The molecule has 0 atom stereocenters. The highest BCUT2D eigenvalue weighted by Gasteiger charge is 2.13. The van der Waals surface area contributed by atoms with Crippen LogP contribution < -0.4 is 5.32 Å². The second kappa shape index (κ2) is 5.86. The molecule has 0 saturated carbocycles. The van der Waals surface area contributed by atoms with Crippen LogP contribution in [-0.2, 0) is 0 Å². The van der Waals surface area contributed by atoms with E-state index in [-0.39, 0.29) is 5.69 Å². The van der Waals surface area contributed by atoms with E-state index in [0.717, 1.165) is 16.1 Å². The molecular weight excluding hydrogens is 302 g/mol. The van der Waals surface area contributed by atoms with Crippen molar-refractivity contribution in [2.24, 2.45) is 0 Å². The molecule has 0 amide bonds. The molecule has 22 heavy (non-hydrogen) atoms. The molecule has 1 aromatic carbocycles. The molecule has 3 rings (SSSR count). The average molecular weight is 313 g/mol. The maximum absolute atomic E-state index is 10.9.